The molecule has 84 valence electrons. The average Bonchev–Trinajstić information content (AvgIpc) is 2.80. The van der Waals surface area contributed by atoms with Gasteiger partial charge in [-0.05, 0) is 31.7 Å². The minimum absolute atomic E-state index is 0.0896. The number of aryl methyl sites for hydroxylation is 1. The zero-order chi connectivity index (χ0) is 11.4. The summed E-state index contributed by atoms with van der Waals surface area (Å²) in [6.45, 7) is 1.98. The van der Waals surface area contributed by atoms with Crippen molar-refractivity contribution in [2.75, 3.05) is 7.05 Å². The minimum Gasteiger partial charge on any atom is -0.469 e. The Morgan fingerprint density at radius 1 is 1.38 bits per heavy atom. The predicted octanol–water partition coefficient (Wildman–Crippen LogP) is 1.88. The molecule has 1 unspecified atom stereocenters. The van der Waals surface area contributed by atoms with E-state index in [4.69, 9.17) is 4.42 Å². The molecular formula is C12H15N3O. The highest BCUT2D eigenvalue weighted by Gasteiger charge is 2.14. The highest BCUT2D eigenvalue weighted by molar-refractivity contribution is 5.08. The minimum atomic E-state index is 0.0896. The standard InChI is InChI=1S/C12H15N3O/c1-9-7-14-12(15-8-9)11(13-2)6-10-4-3-5-16-10/h3-5,7-8,11,13H,6H2,1-2H3. The van der Waals surface area contributed by atoms with Gasteiger partial charge in [0.25, 0.3) is 0 Å². The average molecular weight is 217 g/mol. The summed E-state index contributed by atoms with van der Waals surface area (Å²) in [6, 6.07) is 3.93. The largest absolute Gasteiger partial charge is 0.469 e. The van der Waals surface area contributed by atoms with Gasteiger partial charge in [0.05, 0.1) is 12.3 Å². The van der Waals surface area contributed by atoms with Crippen molar-refractivity contribution in [3.63, 3.8) is 0 Å². The summed E-state index contributed by atoms with van der Waals surface area (Å²) >= 11 is 0. The highest BCUT2D eigenvalue weighted by atomic mass is 16.3. The Hall–Kier alpha value is -1.68. The molecule has 0 aliphatic carbocycles. The van der Waals surface area contributed by atoms with Crippen molar-refractivity contribution >= 4 is 0 Å². The summed E-state index contributed by atoms with van der Waals surface area (Å²) in [5.74, 6) is 1.73. The fourth-order valence-corrected chi connectivity index (χ4v) is 1.53. The topological polar surface area (TPSA) is 51.0 Å². The van der Waals surface area contributed by atoms with Gasteiger partial charge >= 0.3 is 0 Å². The molecule has 0 fully saturated rings. The van der Waals surface area contributed by atoms with Crippen LogP contribution in [0.25, 0.3) is 0 Å². The third kappa shape index (κ3) is 2.46. The van der Waals surface area contributed by atoms with Crippen LogP contribution in [-0.2, 0) is 6.42 Å². The molecule has 0 saturated carbocycles. The van der Waals surface area contributed by atoms with Crippen LogP contribution in [0.3, 0.4) is 0 Å². The zero-order valence-corrected chi connectivity index (χ0v) is 9.47. The van der Waals surface area contributed by atoms with Gasteiger partial charge < -0.3 is 9.73 Å². The number of nitrogens with zero attached hydrogens (tertiary/aromatic N) is 2. The Bertz CT molecular complexity index is 422. The van der Waals surface area contributed by atoms with E-state index in [-0.39, 0.29) is 6.04 Å². The molecule has 4 nitrogen and oxygen atoms in total. The van der Waals surface area contributed by atoms with Crippen molar-refractivity contribution in [2.45, 2.75) is 19.4 Å². The number of furan rings is 1. The van der Waals surface area contributed by atoms with E-state index in [1.165, 1.54) is 0 Å². The molecule has 0 aliphatic rings. The molecule has 1 atom stereocenters. The van der Waals surface area contributed by atoms with Gasteiger partial charge in [0.2, 0.25) is 0 Å². The summed E-state index contributed by atoms with van der Waals surface area (Å²) in [7, 11) is 1.90. The highest BCUT2D eigenvalue weighted by Crippen LogP contribution is 2.14. The molecule has 0 aliphatic heterocycles. The third-order valence-corrected chi connectivity index (χ3v) is 2.45. The number of aromatic nitrogens is 2. The van der Waals surface area contributed by atoms with Crippen LogP contribution < -0.4 is 5.32 Å². The quantitative estimate of drug-likeness (QED) is 0.849. The molecule has 0 saturated heterocycles. The fourth-order valence-electron chi connectivity index (χ4n) is 1.53. The van der Waals surface area contributed by atoms with Crippen LogP contribution in [-0.4, -0.2) is 17.0 Å². The van der Waals surface area contributed by atoms with Crippen LogP contribution >= 0.6 is 0 Å². The van der Waals surface area contributed by atoms with Gasteiger partial charge in [-0.15, -0.1) is 0 Å². The Kier molecular flexibility index (Phi) is 3.31. The monoisotopic (exact) mass is 217 g/mol. The third-order valence-electron chi connectivity index (χ3n) is 2.45. The van der Waals surface area contributed by atoms with Crippen LogP contribution in [0.15, 0.2) is 35.2 Å². The van der Waals surface area contributed by atoms with Crippen LogP contribution in [0.5, 0.6) is 0 Å². The molecule has 0 radical (unpaired) electrons. The second-order valence-corrected chi connectivity index (χ2v) is 3.74. The molecule has 0 spiro atoms. The fraction of sp³-hybridized carbons (Fsp3) is 0.333. The normalized spacial score (nSPS) is 12.6. The Morgan fingerprint density at radius 2 is 2.12 bits per heavy atom. The number of hydrogen-bond donors (Lipinski definition) is 1. The van der Waals surface area contributed by atoms with Gasteiger partial charge in [0.15, 0.2) is 0 Å². The van der Waals surface area contributed by atoms with Gasteiger partial charge in [-0.25, -0.2) is 9.97 Å². The van der Waals surface area contributed by atoms with E-state index in [0.717, 1.165) is 23.6 Å². The molecular weight excluding hydrogens is 202 g/mol. The SMILES string of the molecule is CNC(Cc1ccco1)c1ncc(C)cn1. The summed E-state index contributed by atoms with van der Waals surface area (Å²) in [4.78, 5) is 8.63. The maximum absolute atomic E-state index is 5.32. The summed E-state index contributed by atoms with van der Waals surface area (Å²) in [6.07, 6.45) is 6.09. The lowest BCUT2D eigenvalue weighted by Crippen LogP contribution is -2.21. The number of nitrogens with one attached hydrogen (secondary N) is 1. The smallest absolute Gasteiger partial charge is 0.145 e. The van der Waals surface area contributed by atoms with Crippen LogP contribution in [0, 0.1) is 6.92 Å². The molecule has 0 amide bonds. The molecule has 2 rings (SSSR count). The van der Waals surface area contributed by atoms with Crippen molar-refractivity contribution in [1.82, 2.24) is 15.3 Å². The Morgan fingerprint density at radius 3 is 2.69 bits per heavy atom. The molecule has 2 aromatic heterocycles. The summed E-state index contributed by atoms with van der Waals surface area (Å²) < 4.78 is 5.32. The second-order valence-electron chi connectivity index (χ2n) is 3.74. The van der Waals surface area contributed by atoms with Crippen molar-refractivity contribution in [1.29, 1.82) is 0 Å². The van der Waals surface area contributed by atoms with Crippen LogP contribution in [0.1, 0.15) is 23.2 Å². The molecule has 2 heterocycles. The van der Waals surface area contributed by atoms with E-state index in [9.17, 15) is 0 Å². The molecule has 1 N–H and O–H groups in total. The van der Waals surface area contributed by atoms with Gasteiger partial charge in [0, 0.05) is 18.8 Å². The van der Waals surface area contributed by atoms with Crippen molar-refractivity contribution in [3.05, 3.63) is 47.9 Å². The number of likely N-dealkylation sites (N-methyl/N-ethyl adjacent to an activating group) is 1. The molecule has 0 bridgehead atoms. The van der Waals surface area contributed by atoms with E-state index < -0.39 is 0 Å². The van der Waals surface area contributed by atoms with Gasteiger partial charge in [-0.3, -0.25) is 0 Å². The van der Waals surface area contributed by atoms with Crippen molar-refractivity contribution < 1.29 is 4.42 Å². The first-order valence-corrected chi connectivity index (χ1v) is 5.28. The maximum atomic E-state index is 5.32. The lowest BCUT2D eigenvalue weighted by atomic mass is 10.1. The van der Waals surface area contributed by atoms with Crippen LogP contribution in [0.2, 0.25) is 0 Å². The van der Waals surface area contributed by atoms with Crippen LogP contribution in [0.4, 0.5) is 0 Å². The van der Waals surface area contributed by atoms with Crippen molar-refractivity contribution in [3.8, 4) is 0 Å². The zero-order valence-electron chi connectivity index (χ0n) is 9.47. The van der Waals surface area contributed by atoms with E-state index in [1.54, 1.807) is 6.26 Å². The first-order chi connectivity index (χ1) is 7.79. The van der Waals surface area contributed by atoms with E-state index in [1.807, 2.05) is 38.5 Å². The molecule has 2 aromatic rings. The van der Waals surface area contributed by atoms with E-state index in [0.29, 0.717) is 0 Å². The second kappa shape index (κ2) is 4.90. The maximum Gasteiger partial charge on any atom is 0.145 e. The van der Waals surface area contributed by atoms with Gasteiger partial charge in [-0.2, -0.15) is 0 Å². The number of rotatable bonds is 4. The summed E-state index contributed by atoms with van der Waals surface area (Å²) in [5, 5.41) is 3.19. The lowest BCUT2D eigenvalue weighted by molar-refractivity contribution is 0.455. The Labute approximate surface area is 94.7 Å². The number of hydrogen-bond acceptors (Lipinski definition) is 4. The first kappa shape index (κ1) is 10.8. The molecule has 0 aromatic carbocycles. The predicted molar refractivity (Wildman–Crippen MR) is 61.0 cm³/mol. The lowest BCUT2D eigenvalue weighted by Gasteiger charge is -2.12. The van der Waals surface area contributed by atoms with E-state index in [2.05, 4.69) is 15.3 Å². The van der Waals surface area contributed by atoms with Gasteiger partial charge in [-0.1, -0.05) is 0 Å². The molecule has 16 heavy (non-hydrogen) atoms. The van der Waals surface area contributed by atoms with E-state index >= 15 is 0 Å². The van der Waals surface area contributed by atoms with Crippen molar-refractivity contribution in [2.24, 2.45) is 0 Å². The van der Waals surface area contributed by atoms with Gasteiger partial charge in [0.1, 0.15) is 11.6 Å². The first-order valence-electron chi connectivity index (χ1n) is 5.28. The molecule has 4 heteroatoms. The Balaban J connectivity index is 2.13. The summed E-state index contributed by atoms with van der Waals surface area (Å²) in [5.41, 5.74) is 1.07.